The molecular formula is C21H20N6O8S2. The fourth-order valence-corrected chi connectivity index (χ4v) is 5.50. The third-order valence-corrected chi connectivity index (χ3v) is 7.48. The number of anilines is 1. The lowest BCUT2D eigenvalue weighted by Crippen LogP contribution is -2.71. The largest absolute Gasteiger partial charge is 0.503 e. The van der Waals surface area contributed by atoms with Crippen molar-refractivity contribution >= 4 is 63.4 Å². The number of carbonyl (C=O) groups excluding carboxylic acids is 2. The second-order valence-electron chi connectivity index (χ2n) is 8.46. The summed E-state index contributed by atoms with van der Waals surface area (Å²) in [4.78, 5) is 70.4. The predicted octanol–water partition coefficient (Wildman–Crippen LogP) is -0.402. The Bertz CT molecular complexity index is 1460. The summed E-state index contributed by atoms with van der Waals surface area (Å²) in [6, 6.07) is -0.0746. The van der Waals surface area contributed by atoms with Crippen LogP contribution in [0.4, 0.5) is 5.13 Å². The first-order valence-electron chi connectivity index (χ1n) is 10.5. The number of aromatic hydroxyl groups is 1. The number of carbonyl (C=O) groups is 4. The monoisotopic (exact) mass is 548 g/mol. The Morgan fingerprint density at radius 2 is 1.97 bits per heavy atom. The fraction of sp³-hybridized carbons (Fsp3) is 0.286. The van der Waals surface area contributed by atoms with Gasteiger partial charge in [0.25, 0.3) is 11.8 Å². The second kappa shape index (κ2) is 9.36. The Balaban J connectivity index is 1.64. The normalized spacial score (nSPS) is 19.8. The van der Waals surface area contributed by atoms with Crippen molar-refractivity contribution in [3.05, 3.63) is 45.5 Å². The Morgan fingerprint density at radius 3 is 2.54 bits per heavy atom. The number of thioether (sulfide) groups is 1. The summed E-state index contributed by atoms with van der Waals surface area (Å²) in [6.45, 7) is 2.57. The molecule has 0 saturated carbocycles. The smallest absolute Gasteiger partial charge is 0.354 e. The van der Waals surface area contributed by atoms with Gasteiger partial charge in [0.2, 0.25) is 5.43 Å². The highest BCUT2D eigenvalue weighted by molar-refractivity contribution is 8.00. The highest BCUT2D eigenvalue weighted by atomic mass is 32.2. The topological polar surface area (TPSA) is 218 Å². The van der Waals surface area contributed by atoms with Gasteiger partial charge in [0, 0.05) is 23.4 Å². The van der Waals surface area contributed by atoms with Crippen LogP contribution >= 0.6 is 23.1 Å². The van der Waals surface area contributed by atoms with E-state index in [0.29, 0.717) is 0 Å². The summed E-state index contributed by atoms with van der Waals surface area (Å²) in [5.41, 5.74) is 2.77. The summed E-state index contributed by atoms with van der Waals surface area (Å²) in [5.74, 6) is -4.84. The molecule has 0 aliphatic carbocycles. The number of hydrogen-bond acceptors (Lipinski definition) is 11. The number of carboxylic acids is 2. The number of rotatable bonds is 7. The average Bonchev–Trinajstić information content (AvgIpc) is 3.27. The van der Waals surface area contributed by atoms with Gasteiger partial charge in [0.1, 0.15) is 17.1 Å². The average molecular weight is 549 g/mol. The Kier molecular flexibility index (Phi) is 6.55. The van der Waals surface area contributed by atoms with Gasteiger partial charge in [-0.05, 0) is 13.8 Å². The van der Waals surface area contributed by atoms with Crippen LogP contribution in [0.2, 0.25) is 0 Å². The molecule has 6 N–H and O–H groups in total. The number of thiazole rings is 1. The Morgan fingerprint density at radius 1 is 1.27 bits per heavy atom. The molecule has 2 atom stereocenters. The number of aliphatic carboxylic acids is 2. The van der Waals surface area contributed by atoms with Crippen LogP contribution in [0.15, 0.2) is 39.3 Å². The summed E-state index contributed by atoms with van der Waals surface area (Å²) >= 11 is 2.17. The number of β-lactam (4-membered cyclic amide) rings is 1. The third kappa shape index (κ3) is 4.67. The first-order valence-corrected chi connectivity index (χ1v) is 12.4. The van der Waals surface area contributed by atoms with Crippen molar-refractivity contribution in [1.29, 1.82) is 0 Å². The highest BCUT2D eigenvalue weighted by Gasteiger charge is 2.55. The summed E-state index contributed by atoms with van der Waals surface area (Å²) in [7, 11) is 0. The molecule has 0 spiro atoms. The van der Waals surface area contributed by atoms with Crippen LogP contribution in [0.25, 0.3) is 5.70 Å². The minimum Gasteiger partial charge on any atom is -0.503 e. The van der Waals surface area contributed by atoms with Gasteiger partial charge in [-0.25, -0.2) is 14.6 Å². The van der Waals surface area contributed by atoms with E-state index in [1.807, 2.05) is 0 Å². The van der Waals surface area contributed by atoms with E-state index < -0.39 is 51.9 Å². The van der Waals surface area contributed by atoms with Crippen molar-refractivity contribution in [3.8, 4) is 5.75 Å². The third-order valence-electron chi connectivity index (χ3n) is 5.54. The Hall–Kier alpha value is -4.18. The van der Waals surface area contributed by atoms with Gasteiger partial charge in [0.15, 0.2) is 27.8 Å². The number of aliphatic imine (C=N–C) groups is 1. The Labute approximate surface area is 216 Å². The molecule has 1 unspecified atom stereocenters. The lowest BCUT2D eigenvalue weighted by molar-refractivity contribution is -0.150. The summed E-state index contributed by atoms with van der Waals surface area (Å²) < 4.78 is 1.24. The molecule has 0 bridgehead atoms. The van der Waals surface area contributed by atoms with E-state index in [4.69, 9.17) is 5.73 Å². The van der Waals surface area contributed by atoms with Crippen LogP contribution in [-0.2, 0) is 19.2 Å². The number of nitrogen functional groups attached to an aromatic ring is 1. The molecule has 1 fully saturated rings. The number of hydrogen-bond donors (Lipinski definition) is 5. The highest BCUT2D eigenvalue weighted by Crippen LogP contribution is 2.41. The predicted molar refractivity (Wildman–Crippen MR) is 133 cm³/mol. The van der Waals surface area contributed by atoms with Crippen molar-refractivity contribution in [2.45, 2.75) is 30.8 Å². The molecule has 2 aliphatic heterocycles. The molecule has 194 valence electrons. The number of pyridine rings is 1. The number of nitrogens with two attached hydrogens (primary N) is 1. The maximum absolute atomic E-state index is 13.2. The quantitative estimate of drug-likeness (QED) is 0.221. The lowest BCUT2D eigenvalue weighted by atomic mass is 10.0. The maximum Gasteiger partial charge on any atom is 0.354 e. The van der Waals surface area contributed by atoms with E-state index in [1.165, 1.54) is 30.0 Å². The molecule has 1 saturated heterocycles. The van der Waals surface area contributed by atoms with Gasteiger partial charge in [-0.15, -0.1) is 23.1 Å². The van der Waals surface area contributed by atoms with Gasteiger partial charge >= 0.3 is 11.9 Å². The number of aromatic nitrogens is 2. The van der Waals surface area contributed by atoms with E-state index in [0.717, 1.165) is 40.3 Å². The molecule has 2 aliphatic rings. The number of nitrogens with one attached hydrogen (secondary N) is 1. The van der Waals surface area contributed by atoms with E-state index in [-0.39, 0.29) is 33.7 Å². The number of nitrogens with zero attached hydrogens (tertiary/aromatic N) is 4. The summed E-state index contributed by atoms with van der Waals surface area (Å²) in [5, 5.41) is 32.3. The van der Waals surface area contributed by atoms with Crippen LogP contribution in [0.5, 0.6) is 5.75 Å². The minimum atomic E-state index is -1.70. The van der Waals surface area contributed by atoms with Gasteiger partial charge in [-0.1, -0.05) is 0 Å². The fourth-order valence-electron chi connectivity index (χ4n) is 3.60. The molecule has 0 aromatic carbocycles. The molecule has 0 radical (unpaired) electrons. The zero-order chi connectivity index (χ0) is 27.2. The van der Waals surface area contributed by atoms with Gasteiger partial charge in [0.05, 0.1) is 11.9 Å². The zero-order valence-corrected chi connectivity index (χ0v) is 20.9. The van der Waals surface area contributed by atoms with Crippen molar-refractivity contribution in [2.75, 3.05) is 11.5 Å². The zero-order valence-electron chi connectivity index (χ0n) is 19.2. The lowest BCUT2D eigenvalue weighted by Gasteiger charge is -2.49. The SMILES string of the molecule is CC(C)(N=C(C(=O)NC1C(=O)N2C(C(=O)O)=C(n3ccc(=O)c(O)c3)CS[C@H]12)c1csc(N)n1)C(=O)O. The van der Waals surface area contributed by atoms with E-state index in [1.54, 1.807) is 0 Å². The number of fused-ring (bicyclic) bond motifs is 1. The van der Waals surface area contributed by atoms with Gasteiger partial charge in [-0.3, -0.25) is 24.3 Å². The van der Waals surface area contributed by atoms with Crippen LogP contribution in [-0.4, -0.2) is 81.9 Å². The van der Waals surface area contributed by atoms with Crippen molar-refractivity contribution in [2.24, 2.45) is 4.99 Å². The van der Waals surface area contributed by atoms with Gasteiger partial charge in [-0.2, -0.15) is 0 Å². The first-order chi connectivity index (χ1) is 17.3. The van der Waals surface area contributed by atoms with Crippen LogP contribution < -0.4 is 16.5 Å². The van der Waals surface area contributed by atoms with Gasteiger partial charge < -0.3 is 30.9 Å². The summed E-state index contributed by atoms with van der Waals surface area (Å²) in [6.07, 6.45) is 2.33. The molecule has 4 heterocycles. The molecule has 14 nitrogen and oxygen atoms in total. The van der Waals surface area contributed by atoms with Crippen LogP contribution in [0.1, 0.15) is 19.5 Å². The van der Waals surface area contributed by atoms with E-state index in [9.17, 15) is 39.3 Å². The second-order valence-corrected chi connectivity index (χ2v) is 10.5. The number of carboxylic acid groups (broad SMARTS) is 2. The van der Waals surface area contributed by atoms with Crippen LogP contribution in [0, 0.1) is 0 Å². The molecule has 37 heavy (non-hydrogen) atoms. The molecule has 2 aromatic heterocycles. The van der Waals surface area contributed by atoms with Crippen molar-refractivity contribution in [1.82, 2.24) is 19.8 Å². The van der Waals surface area contributed by atoms with Crippen molar-refractivity contribution < 1.29 is 34.5 Å². The first kappa shape index (κ1) is 25.9. The van der Waals surface area contributed by atoms with Crippen molar-refractivity contribution in [3.63, 3.8) is 0 Å². The molecular weight excluding hydrogens is 528 g/mol. The van der Waals surface area contributed by atoms with Crippen LogP contribution in [0.3, 0.4) is 0 Å². The number of amides is 2. The maximum atomic E-state index is 13.2. The van der Waals surface area contributed by atoms with E-state index >= 15 is 0 Å². The minimum absolute atomic E-state index is 0.0284. The molecule has 2 amide bonds. The standard InChI is InChI=1S/C21H20N6O8S2/c1-21(2,19(34)35)25-12(8-6-37-20(22)23-8)15(30)24-13-16(31)27-14(18(32)33)9(7-36-17(13)27)26-4-3-10(28)11(29)5-26/h3-6,13,17,29H,7H2,1-2H3,(H2,22,23)(H,24,30)(H,32,33)(H,34,35)/t13?,17-/m1/s1. The molecule has 2 aromatic rings. The molecule has 4 rings (SSSR count). The molecule has 16 heteroatoms. The van der Waals surface area contributed by atoms with E-state index in [2.05, 4.69) is 15.3 Å².